The summed E-state index contributed by atoms with van der Waals surface area (Å²) in [5, 5.41) is 1.94. The molecule has 10 heteroatoms. The fraction of sp³-hybridized carbons (Fsp3) is 0.176. The Labute approximate surface area is 150 Å². The van der Waals surface area contributed by atoms with Gasteiger partial charge in [-0.1, -0.05) is 6.07 Å². The molecule has 2 aromatic rings. The monoisotopic (exact) mass is 379 g/mol. The van der Waals surface area contributed by atoms with Crippen LogP contribution in [0.2, 0.25) is 0 Å². The average Bonchev–Trinajstić information content (AvgIpc) is 3.10. The summed E-state index contributed by atoms with van der Waals surface area (Å²) in [6, 6.07) is 5.85. The summed E-state index contributed by atoms with van der Waals surface area (Å²) in [5.41, 5.74) is -1.33. The number of halogens is 3. The van der Waals surface area contributed by atoms with Crippen LogP contribution in [-0.2, 0) is 22.3 Å². The highest BCUT2D eigenvalue weighted by atomic mass is 19.4. The second kappa shape index (κ2) is 7.06. The van der Waals surface area contributed by atoms with Gasteiger partial charge in [0.15, 0.2) is 5.92 Å². The first-order valence-electron chi connectivity index (χ1n) is 7.66. The van der Waals surface area contributed by atoms with Gasteiger partial charge in [0.25, 0.3) is 5.91 Å². The van der Waals surface area contributed by atoms with Crippen molar-refractivity contribution in [3.05, 3.63) is 54.0 Å². The van der Waals surface area contributed by atoms with Gasteiger partial charge in [-0.3, -0.25) is 19.9 Å². The molecule has 0 unspecified atom stereocenters. The molecule has 0 spiro atoms. The molecule has 140 valence electrons. The van der Waals surface area contributed by atoms with Crippen LogP contribution in [0.25, 0.3) is 0 Å². The van der Waals surface area contributed by atoms with Crippen LogP contribution in [0.5, 0.6) is 0 Å². The maximum atomic E-state index is 12.9. The number of rotatable bonds is 4. The summed E-state index contributed by atoms with van der Waals surface area (Å²) in [7, 11) is 0. The second-order valence-corrected chi connectivity index (χ2v) is 5.56. The van der Waals surface area contributed by atoms with E-state index in [1.54, 1.807) is 12.1 Å². The largest absolute Gasteiger partial charge is 0.467 e. The number of barbiturate groups is 1. The van der Waals surface area contributed by atoms with E-state index in [0.29, 0.717) is 16.7 Å². The normalized spacial score (nSPS) is 18.3. The zero-order chi connectivity index (χ0) is 19.6. The van der Waals surface area contributed by atoms with Gasteiger partial charge in [0, 0.05) is 6.21 Å². The Morgan fingerprint density at radius 3 is 2.63 bits per heavy atom. The zero-order valence-electron chi connectivity index (χ0n) is 13.6. The molecule has 1 atom stereocenters. The first-order chi connectivity index (χ1) is 12.8. The third-order valence-electron chi connectivity index (χ3n) is 3.72. The van der Waals surface area contributed by atoms with Crippen molar-refractivity contribution in [2.45, 2.75) is 12.7 Å². The van der Waals surface area contributed by atoms with Crippen LogP contribution in [0.15, 0.2) is 52.1 Å². The van der Waals surface area contributed by atoms with Crippen molar-refractivity contribution in [1.82, 2.24) is 5.32 Å². The van der Waals surface area contributed by atoms with E-state index in [4.69, 9.17) is 4.42 Å². The summed E-state index contributed by atoms with van der Waals surface area (Å²) in [5.74, 6) is -2.87. The van der Waals surface area contributed by atoms with E-state index in [0.717, 1.165) is 18.3 Å². The molecule has 1 aliphatic heterocycles. The quantitative estimate of drug-likeness (QED) is 0.653. The van der Waals surface area contributed by atoms with Crippen molar-refractivity contribution in [1.29, 1.82) is 0 Å². The molecule has 1 aromatic heterocycles. The Balaban J connectivity index is 1.85. The number of carbonyl (C=O) groups is 3. The molecule has 3 rings (SSSR count). The fourth-order valence-corrected chi connectivity index (χ4v) is 2.44. The summed E-state index contributed by atoms with van der Waals surface area (Å²) >= 11 is 0. The van der Waals surface area contributed by atoms with E-state index >= 15 is 0 Å². The summed E-state index contributed by atoms with van der Waals surface area (Å²) in [6.07, 6.45) is -2.18. The molecule has 4 amide bonds. The van der Waals surface area contributed by atoms with E-state index in [9.17, 15) is 27.6 Å². The lowest BCUT2D eigenvalue weighted by Crippen LogP contribution is -2.58. The van der Waals surface area contributed by atoms with Gasteiger partial charge in [-0.15, -0.1) is 0 Å². The number of imide groups is 2. The number of amides is 4. The van der Waals surface area contributed by atoms with Crippen LogP contribution in [0.1, 0.15) is 11.3 Å². The van der Waals surface area contributed by atoms with E-state index in [-0.39, 0.29) is 12.2 Å². The van der Waals surface area contributed by atoms with Crippen LogP contribution in [0, 0.1) is 5.92 Å². The smallest absolute Gasteiger partial charge is 0.416 e. The standard InChI is InChI=1S/C17H12F3N3O4/c18-17(19,20)10-3-1-4-11(7-10)23-15(25)13(14(24)22-16(23)26)9-21-8-12-5-2-6-27-12/h1-7,9,13H,8H2,(H,22,24,26)/t13-/m0/s1. The minimum absolute atomic E-state index is 0.0571. The molecule has 0 saturated carbocycles. The number of furan rings is 1. The molecule has 1 fully saturated rings. The highest BCUT2D eigenvalue weighted by molar-refractivity contribution is 6.32. The molecule has 1 N–H and O–H groups in total. The van der Waals surface area contributed by atoms with Gasteiger partial charge < -0.3 is 4.42 Å². The van der Waals surface area contributed by atoms with Gasteiger partial charge in [0.05, 0.1) is 24.1 Å². The predicted octanol–water partition coefficient (Wildman–Crippen LogP) is 2.77. The molecule has 7 nitrogen and oxygen atoms in total. The Morgan fingerprint density at radius 1 is 1.19 bits per heavy atom. The number of carbonyl (C=O) groups excluding carboxylic acids is 3. The van der Waals surface area contributed by atoms with Gasteiger partial charge in [-0.2, -0.15) is 13.2 Å². The van der Waals surface area contributed by atoms with Gasteiger partial charge in [-0.25, -0.2) is 9.69 Å². The molecule has 1 aromatic carbocycles. The molecular weight excluding hydrogens is 367 g/mol. The number of benzene rings is 1. The average molecular weight is 379 g/mol. The second-order valence-electron chi connectivity index (χ2n) is 5.56. The fourth-order valence-electron chi connectivity index (χ4n) is 2.44. The molecule has 2 heterocycles. The summed E-state index contributed by atoms with van der Waals surface area (Å²) in [4.78, 5) is 40.9. The number of alkyl halides is 3. The lowest BCUT2D eigenvalue weighted by molar-refractivity contribution is -0.138. The predicted molar refractivity (Wildman–Crippen MR) is 86.9 cm³/mol. The van der Waals surface area contributed by atoms with Crippen LogP contribution in [-0.4, -0.2) is 24.1 Å². The van der Waals surface area contributed by atoms with Crippen molar-refractivity contribution >= 4 is 29.7 Å². The van der Waals surface area contributed by atoms with E-state index < -0.39 is 35.5 Å². The number of anilines is 1. The summed E-state index contributed by atoms with van der Waals surface area (Å²) in [6.45, 7) is 0.0571. The molecule has 1 aliphatic rings. The van der Waals surface area contributed by atoms with Crippen molar-refractivity contribution in [3.8, 4) is 0 Å². The summed E-state index contributed by atoms with van der Waals surface area (Å²) < 4.78 is 43.7. The number of urea groups is 1. The Kier molecular flexibility index (Phi) is 4.80. The van der Waals surface area contributed by atoms with Crippen molar-refractivity contribution in [3.63, 3.8) is 0 Å². The molecule has 0 radical (unpaired) electrons. The molecule has 1 saturated heterocycles. The highest BCUT2D eigenvalue weighted by Crippen LogP contribution is 2.32. The number of hydrogen-bond donors (Lipinski definition) is 1. The third kappa shape index (κ3) is 3.89. The minimum Gasteiger partial charge on any atom is -0.467 e. The van der Waals surface area contributed by atoms with Gasteiger partial charge in [0.2, 0.25) is 5.91 Å². The number of hydrogen-bond acceptors (Lipinski definition) is 5. The molecular formula is C17H12F3N3O4. The molecule has 27 heavy (non-hydrogen) atoms. The minimum atomic E-state index is -4.65. The molecule has 0 bridgehead atoms. The highest BCUT2D eigenvalue weighted by Gasteiger charge is 2.41. The lowest BCUT2D eigenvalue weighted by Gasteiger charge is -2.28. The van der Waals surface area contributed by atoms with E-state index in [1.807, 2.05) is 5.32 Å². The topological polar surface area (TPSA) is 92.0 Å². The van der Waals surface area contributed by atoms with Crippen molar-refractivity contribution in [2.24, 2.45) is 10.9 Å². The van der Waals surface area contributed by atoms with E-state index in [2.05, 4.69) is 4.99 Å². The maximum Gasteiger partial charge on any atom is 0.416 e. The number of aliphatic imine (C=N–C) groups is 1. The Morgan fingerprint density at radius 2 is 1.96 bits per heavy atom. The van der Waals surface area contributed by atoms with Gasteiger partial charge in [-0.05, 0) is 30.3 Å². The van der Waals surface area contributed by atoms with Crippen LogP contribution in [0.3, 0.4) is 0 Å². The van der Waals surface area contributed by atoms with Crippen LogP contribution in [0.4, 0.5) is 23.7 Å². The van der Waals surface area contributed by atoms with Crippen molar-refractivity contribution in [2.75, 3.05) is 4.90 Å². The van der Waals surface area contributed by atoms with Gasteiger partial charge in [0.1, 0.15) is 5.76 Å². The third-order valence-corrected chi connectivity index (χ3v) is 3.72. The number of nitrogens with zero attached hydrogens (tertiary/aromatic N) is 2. The van der Waals surface area contributed by atoms with E-state index in [1.165, 1.54) is 12.3 Å². The maximum absolute atomic E-state index is 12.9. The Bertz CT molecular complexity index is 906. The lowest BCUT2D eigenvalue weighted by atomic mass is 10.1. The SMILES string of the molecule is O=C1NC(=O)N(c2cccc(C(F)(F)F)c2)C(=O)[C@H]1C=NCc1ccco1. The Hall–Kier alpha value is -3.43. The van der Waals surface area contributed by atoms with Crippen LogP contribution < -0.4 is 10.2 Å². The van der Waals surface area contributed by atoms with Crippen molar-refractivity contribution < 1.29 is 32.0 Å². The zero-order valence-corrected chi connectivity index (χ0v) is 13.6. The van der Waals surface area contributed by atoms with Gasteiger partial charge >= 0.3 is 12.2 Å². The van der Waals surface area contributed by atoms with Crippen LogP contribution >= 0.6 is 0 Å². The number of nitrogens with one attached hydrogen (secondary N) is 1. The molecule has 0 aliphatic carbocycles. The first kappa shape index (κ1) is 18.4. The first-order valence-corrected chi connectivity index (χ1v) is 7.66.